The van der Waals surface area contributed by atoms with Crippen molar-refractivity contribution in [1.29, 1.82) is 0 Å². The summed E-state index contributed by atoms with van der Waals surface area (Å²) < 4.78 is 13.4. The first-order chi connectivity index (χ1) is 10.1. The SMILES string of the molecule is CCCNC(CS(=O)c1cccs1)c1ccc(C)c(C)c1. The van der Waals surface area contributed by atoms with Crippen LogP contribution in [0.15, 0.2) is 39.9 Å². The molecule has 4 heteroatoms. The lowest BCUT2D eigenvalue weighted by atomic mass is 10.0. The van der Waals surface area contributed by atoms with Crippen LogP contribution in [0.5, 0.6) is 0 Å². The van der Waals surface area contributed by atoms with Crippen molar-refractivity contribution in [2.24, 2.45) is 0 Å². The fraction of sp³-hybridized carbons (Fsp3) is 0.412. The highest BCUT2D eigenvalue weighted by Crippen LogP contribution is 2.22. The van der Waals surface area contributed by atoms with Crippen molar-refractivity contribution in [3.63, 3.8) is 0 Å². The van der Waals surface area contributed by atoms with Crippen LogP contribution in [-0.2, 0) is 10.8 Å². The van der Waals surface area contributed by atoms with Crippen LogP contribution in [-0.4, -0.2) is 16.5 Å². The molecule has 0 radical (unpaired) electrons. The normalized spacial score (nSPS) is 14.0. The third-order valence-electron chi connectivity index (χ3n) is 3.61. The Labute approximate surface area is 134 Å². The maximum atomic E-state index is 12.5. The molecule has 2 unspecified atom stereocenters. The molecular formula is C17H23NOS2. The zero-order valence-electron chi connectivity index (χ0n) is 12.9. The first-order valence-corrected chi connectivity index (χ1v) is 9.54. The van der Waals surface area contributed by atoms with Gasteiger partial charge in [-0.15, -0.1) is 11.3 Å². The van der Waals surface area contributed by atoms with Crippen LogP contribution in [0.2, 0.25) is 0 Å². The molecule has 0 spiro atoms. The van der Waals surface area contributed by atoms with E-state index in [4.69, 9.17) is 0 Å². The van der Waals surface area contributed by atoms with Gasteiger partial charge in [0.15, 0.2) is 0 Å². The number of rotatable bonds is 7. The molecule has 0 aliphatic carbocycles. The predicted molar refractivity (Wildman–Crippen MR) is 92.5 cm³/mol. The van der Waals surface area contributed by atoms with Crippen molar-refractivity contribution in [2.75, 3.05) is 12.3 Å². The summed E-state index contributed by atoms with van der Waals surface area (Å²) in [5.74, 6) is 0.628. The summed E-state index contributed by atoms with van der Waals surface area (Å²) in [4.78, 5) is 0. The van der Waals surface area contributed by atoms with Crippen molar-refractivity contribution in [3.05, 3.63) is 52.4 Å². The van der Waals surface area contributed by atoms with Crippen LogP contribution < -0.4 is 5.32 Å². The Hall–Kier alpha value is -0.970. The molecule has 0 amide bonds. The third kappa shape index (κ3) is 4.50. The zero-order chi connectivity index (χ0) is 15.2. The van der Waals surface area contributed by atoms with Gasteiger partial charge in [-0.25, -0.2) is 0 Å². The second kappa shape index (κ2) is 7.87. The van der Waals surface area contributed by atoms with Crippen LogP contribution >= 0.6 is 11.3 Å². The number of hydrogen-bond acceptors (Lipinski definition) is 3. The lowest BCUT2D eigenvalue weighted by Crippen LogP contribution is -2.27. The molecule has 1 heterocycles. The summed E-state index contributed by atoms with van der Waals surface area (Å²) in [6, 6.07) is 10.6. The minimum Gasteiger partial charge on any atom is -0.309 e. The summed E-state index contributed by atoms with van der Waals surface area (Å²) in [6.07, 6.45) is 1.08. The molecule has 0 bridgehead atoms. The number of thiophene rings is 1. The standard InChI is InChI=1S/C17H23NOS2/c1-4-9-18-16(12-21(19)17-6-5-10-20-17)15-8-7-13(2)14(3)11-15/h5-8,10-11,16,18H,4,9,12H2,1-3H3. The van der Waals surface area contributed by atoms with Gasteiger partial charge < -0.3 is 5.32 Å². The highest BCUT2D eigenvalue weighted by atomic mass is 32.2. The zero-order valence-corrected chi connectivity index (χ0v) is 14.5. The topological polar surface area (TPSA) is 29.1 Å². The molecule has 0 aliphatic heterocycles. The van der Waals surface area contributed by atoms with Gasteiger partial charge in [-0.1, -0.05) is 31.2 Å². The summed E-state index contributed by atoms with van der Waals surface area (Å²) in [5.41, 5.74) is 3.82. The van der Waals surface area contributed by atoms with E-state index in [1.165, 1.54) is 16.7 Å². The molecule has 2 aromatic rings. The average Bonchev–Trinajstić information content (AvgIpc) is 3.00. The highest BCUT2D eigenvalue weighted by molar-refractivity contribution is 7.87. The molecule has 21 heavy (non-hydrogen) atoms. The van der Waals surface area contributed by atoms with E-state index in [2.05, 4.69) is 44.3 Å². The van der Waals surface area contributed by atoms with Crippen LogP contribution in [0.25, 0.3) is 0 Å². The van der Waals surface area contributed by atoms with Gasteiger partial charge in [0.05, 0.1) is 15.0 Å². The first-order valence-electron chi connectivity index (χ1n) is 7.34. The summed E-state index contributed by atoms with van der Waals surface area (Å²) in [7, 11) is -0.942. The Morgan fingerprint density at radius 3 is 2.67 bits per heavy atom. The number of benzene rings is 1. The van der Waals surface area contributed by atoms with E-state index in [1.54, 1.807) is 11.3 Å². The van der Waals surface area contributed by atoms with Gasteiger partial charge in [0.25, 0.3) is 0 Å². The van der Waals surface area contributed by atoms with Gasteiger partial charge >= 0.3 is 0 Å². The van der Waals surface area contributed by atoms with Crippen molar-refractivity contribution in [1.82, 2.24) is 5.32 Å². The monoisotopic (exact) mass is 321 g/mol. The average molecular weight is 322 g/mol. The molecule has 2 rings (SSSR count). The van der Waals surface area contributed by atoms with Gasteiger partial charge in [-0.05, 0) is 54.9 Å². The number of hydrogen-bond donors (Lipinski definition) is 1. The summed E-state index contributed by atoms with van der Waals surface area (Å²) >= 11 is 1.57. The molecule has 2 nitrogen and oxygen atoms in total. The fourth-order valence-electron chi connectivity index (χ4n) is 2.20. The Kier molecular flexibility index (Phi) is 6.15. The quantitative estimate of drug-likeness (QED) is 0.827. The fourth-order valence-corrected chi connectivity index (χ4v) is 4.46. The molecular weight excluding hydrogens is 298 g/mol. The molecule has 1 aromatic carbocycles. The largest absolute Gasteiger partial charge is 0.309 e. The van der Waals surface area contributed by atoms with Gasteiger partial charge in [0, 0.05) is 11.8 Å². The van der Waals surface area contributed by atoms with Gasteiger partial charge in [0.1, 0.15) is 0 Å². The molecule has 1 N–H and O–H groups in total. The van der Waals surface area contributed by atoms with Gasteiger partial charge in [-0.2, -0.15) is 0 Å². The summed E-state index contributed by atoms with van der Waals surface area (Å²) in [6.45, 7) is 7.35. The molecule has 0 aliphatic rings. The lowest BCUT2D eigenvalue weighted by Gasteiger charge is -2.19. The third-order valence-corrected chi connectivity index (χ3v) is 6.34. The van der Waals surface area contributed by atoms with E-state index < -0.39 is 10.8 Å². The molecule has 0 fully saturated rings. The number of aryl methyl sites for hydroxylation is 2. The first kappa shape index (κ1) is 16.4. The van der Waals surface area contributed by atoms with E-state index in [0.29, 0.717) is 5.75 Å². The highest BCUT2D eigenvalue weighted by Gasteiger charge is 2.16. The Morgan fingerprint density at radius 2 is 2.05 bits per heavy atom. The molecule has 2 atom stereocenters. The number of nitrogens with one attached hydrogen (secondary N) is 1. The van der Waals surface area contributed by atoms with Crippen molar-refractivity contribution in [2.45, 2.75) is 37.4 Å². The van der Waals surface area contributed by atoms with Crippen LogP contribution in [0.3, 0.4) is 0 Å². The maximum absolute atomic E-state index is 12.5. The second-order valence-corrected chi connectivity index (χ2v) is 7.96. The Balaban J connectivity index is 2.17. The van der Waals surface area contributed by atoms with Crippen LogP contribution in [0, 0.1) is 13.8 Å². The van der Waals surface area contributed by atoms with E-state index in [-0.39, 0.29) is 6.04 Å². The van der Waals surface area contributed by atoms with Gasteiger partial charge in [-0.3, -0.25) is 4.21 Å². The smallest absolute Gasteiger partial charge is 0.0911 e. The van der Waals surface area contributed by atoms with E-state index >= 15 is 0 Å². The maximum Gasteiger partial charge on any atom is 0.0911 e. The molecule has 114 valence electrons. The minimum atomic E-state index is -0.942. The van der Waals surface area contributed by atoms with Crippen LogP contribution in [0.1, 0.15) is 36.1 Å². The molecule has 0 saturated carbocycles. The van der Waals surface area contributed by atoms with Crippen LogP contribution in [0.4, 0.5) is 0 Å². The Bertz CT molecular complexity index is 593. The second-order valence-electron chi connectivity index (χ2n) is 5.29. The van der Waals surface area contributed by atoms with E-state index in [9.17, 15) is 4.21 Å². The summed E-state index contributed by atoms with van der Waals surface area (Å²) in [5, 5.41) is 5.52. The van der Waals surface area contributed by atoms with Crippen molar-refractivity contribution < 1.29 is 4.21 Å². The van der Waals surface area contributed by atoms with Gasteiger partial charge in [0.2, 0.25) is 0 Å². The minimum absolute atomic E-state index is 0.146. The van der Waals surface area contributed by atoms with Crippen molar-refractivity contribution in [3.8, 4) is 0 Å². The lowest BCUT2D eigenvalue weighted by molar-refractivity contribution is 0.569. The predicted octanol–water partition coefficient (Wildman–Crippen LogP) is 4.21. The van der Waals surface area contributed by atoms with E-state index in [1.807, 2.05) is 17.5 Å². The molecule has 0 saturated heterocycles. The molecule has 1 aromatic heterocycles. The van der Waals surface area contributed by atoms with Crippen molar-refractivity contribution >= 4 is 22.1 Å². The Morgan fingerprint density at radius 1 is 1.24 bits per heavy atom. The van der Waals surface area contributed by atoms with E-state index in [0.717, 1.165) is 17.2 Å².